The van der Waals surface area contributed by atoms with Gasteiger partial charge >= 0.3 is 0 Å². The Hall–Kier alpha value is -4.59. The summed E-state index contributed by atoms with van der Waals surface area (Å²) in [6.07, 6.45) is 3.15. The molecule has 47 heavy (non-hydrogen) atoms. The lowest BCUT2D eigenvalue weighted by Crippen LogP contribution is -2.49. The molecule has 5 amide bonds. The smallest absolute Gasteiger partial charge is 0.273 e. The Balaban J connectivity index is 1.44. The summed E-state index contributed by atoms with van der Waals surface area (Å²) in [5.41, 5.74) is 1.16. The van der Waals surface area contributed by atoms with E-state index in [9.17, 15) is 24.0 Å². The van der Waals surface area contributed by atoms with Gasteiger partial charge in [-0.05, 0) is 30.7 Å². The summed E-state index contributed by atoms with van der Waals surface area (Å²) in [5.74, 6) is -1.56. The van der Waals surface area contributed by atoms with E-state index in [2.05, 4.69) is 25.9 Å². The maximum atomic E-state index is 13.8. The lowest BCUT2D eigenvalue weighted by Gasteiger charge is -2.34. The molecule has 2 atom stereocenters. The van der Waals surface area contributed by atoms with Crippen LogP contribution in [0.15, 0.2) is 46.4 Å². The predicted molar refractivity (Wildman–Crippen MR) is 173 cm³/mol. The first-order chi connectivity index (χ1) is 22.6. The minimum absolute atomic E-state index is 0.0353. The normalized spacial score (nSPS) is 20.2. The second kappa shape index (κ2) is 15.3. The molecule has 3 aromatic rings. The highest BCUT2D eigenvalue weighted by molar-refractivity contribution is 7.09. The number of fused-ring (bicyclic) bond motifs is 4. The van der Waals surface area contributed by atoms with E-state index in [1.54, 1.807) is 10.3 Å². The molecule has 1 fully saturated rings. The van der Waals surface area contributed by atoms with Crippen LogP contribution in [0, 0.1) is 11.8 Å². The summed E-state index contributed by atoms with van der Waals surface area (Å²) in [5, 5.41) is 11.0. The molecule has 0 unspecified atom stereocenters. The average Bonchev–Trinajstić information content (AvgIpc) is 3.75. The third kappa shape index (κ3) is 8.82. The van der Waals surface area contributed by atoms with Crippen molar-refractivity contribution >= 4 is 40.9 Å². The summed E-state index contributed by atoms with van der Waals surface area (Å²) < 4.78 is 5.77. The van der Waals surface area contributed by atoms with E-state index in [-0.39, 0.29) is 60.6 Å². The molecule has 0 saturated carbocycles. The van der Waals surface area contributed by atoms with Gasteiger partial charge in [-0.25, -0.2) is 9.97 Å². The number of hydrogen-bond acceptors (Lipinski definition) is 9. The summed E-state index contributed by atoms with van der Waals surface area (Å²) in [6.45, 7) is 6.43. The number of carbonyl (C=O) groups excluding carboxylic acids is 5. The number of piperidine rings is 1. The predicted octanol–water partition coefficient (Wildman–Crippen LogP) is 2.88. The van der Waals surface area contributed by atoms with Crippen molar-refractivity contribution in [3.05, 3.63) is 69.8 Å². The van der Waals surface area contributed by atoms with Gasteiger partial charge in [0.05, 0.1) is 12.6 Å². The number of carbonyl (C=O) groups is 5. The zero-order valence-electron chi connectivity index (χ0n) is 26.9. The van der Waals surface area contributed by atoms with E-state index in [4.69, 9.17) is 4.42 Å². The van der Waals surface area contributed by atoms with Gasteiger partial charge < -0.3 is 30.2 Å². The molecule has 5 rings (SSSR count). The van der Waals surface area contributed by atoms with Crippen molar-refractivity contribution in [2.45, 2.75) is 58.5 Å². The molecule has 0 spiro atoms. The second-order valence-electron chi connectivity index (χ2n) is 12.4. The summed E-state index contributed by atoms with van der Waals surface area (Å²) in [6, 6.07) is 8.30. The van der Waals surface area contributed by atoms with Crippen LogP contribution in [0.2, 0.25) is 0 Å². The van der Waals surface area contributed by atoms with E-state index < -0.39 is 29.8 Å². The van der Waals surface area contributed by atoms with Crippen LogP contribution in [0.25, 0.3) is 0 Å². The Kier molecular flexibility index (Phi) is 11.0. The Bertz CT molecular complexity index is 1580. The first kappa shape index (κ1) is 33.8. The maximum Gasteiger partial charge on any atom is 0.273 e. The van der Waals surface area contributed by atoms with Crippen molar-refractivity contribution < 1.29 is 28.4 Å². The molecule has 3 N–H and O–H groups in total. The first-order valence-electron chi connectivity index (χ1n) is 15.9. The van der Waals surface area contributed by atoms with E-state index in [1.807, 2.05) is 44.2 Å². The third-order valence-electron chi connectivity index (χ3n) is 8.34. The number of rotatable bonds is 5. The Labute approximate surface area is 277 Å². The molecule has 2 aromatic heterocycles. The molecule has 1 saturated heterocycles. The van der Waals surface area contributed by atoms with Gasteiger partial charge in [-0.1, -0.05) is 44.2 Å². The summed E-state index contributed by atoms with van der Waals surface area (Å²) in [4.78, 5) is 77.8. The van der Waals surface area contributed by atoms with Crippen LogP contribution in [0.5, 0.6) is 0 Å². The largest absolute Gasteiger partial charge is 0.446 e. The number of oxazole rings is 1. The van der Waals surface area contributed by atoms with Gasteiger partial charge in [0, 0.05) is 50.8 Å². The van der Waals surface area contributed by atoms with E-state index in [1.165, 1.54) is 29.4 Å². The molecule has 0 radical (unpaired) electrons. The maximum absolute atomic E-state index is 13.8. The summed E-state index contributed by atoms with van der Waals surface area (Å²) >= 11 is 1.28. The molecule has 1 aromatic carbocycles. The van der Waals surface area contributed by atoms with Crippen LogP contribution in [-0.4, -0.2) is 82.0 Å². The van der Waals surface area contributed by atoms with Gasteiger partial charge in [0.15, 0.2) is 5.69 Å². The average molecular weight is 664 g/mol. The van der Waals surface area contributed by atoms with Crippen molar-refractivity contribution in [2.24, 2.45) is 11.8 Å². The molecule has 14 heteroatoms. The fourth-order valence-electron chi connectivity index (χ4n) is 5.85. The van der Waals surface area contributed by atoms with Crippen molar-refractivity contribution in [3.8, 4) is 0 Å². The van der Waals surface area contributed by atoms with Crippen molar-refractivity contribution in [1.29, 1.82) is 0 Å². The molecular weight excluding hydrogens is 622 g/mol. The number of nitrogens with zero attached hydrogens (tertiary/aromatic N) is 4. The number of aromatic nitrogens is 2. The van der Waals surface area contributed by atoms with Crippen LogP contribution < -0.4 is 16.0 Å². The molecule has 13 nitrogen and oxygen atoms in total. The number of hydrogen-bond donors (Lipinski definition) is 3. The highest BCUT2D eigenvalue weighted by Crippen LogP contribution is 2.26. The number of likely N-dealkylation sites (tertiary alicyclic amines) is 1. The summed E-state index contributed by atoms with van der Waals surface area (Å²) in [7, 11) is 0. The van der Waals surface area contributed by atoms with Crippen LogP contribution >= 0.6 is 11.3 Å². The quantitative estimate of drug-likeness (QED) is 0.375. The van der Waals surface area contributed by atoms with Crippen LogP contribution in [0.4, 0.5) is 0 Å². The Morgan fingerprint density at radius 1 is 0.957 bits per heavy atom. The lowest BCUT2D eigenvalue weighted by molar-refractivity contribution is -0.142. The molecule has 4 heterocycles. The molecule has 4 bridgehead atoms. The van der Waals surface area contributed by atoms with Gasteiger partial charge in [0.2, 0.25) is 23.6 Å². The number of nitrogens with one attached hydrogen (secondary N) is 3. The zero-order chi connectivity index (χ0) is 33.5. The monoisotopic (exact) mass is 663 g/mol. The minimum atomic E-state index is -0.728. The minimum Gasteiger partial charge on any atom is -0.446 e. The van der Waals surface area contributed by atoms with Gasteiger partial charge in [0.1, 0.15) is 23.0 Å². The van der Waals surface area contributed by atoms with Gasteiger partial charge in [-0.15, -0.1) is 11.3 Å². The number of amides is 5. The van der Waals surface area contributed by atoms with Crippen molar-refractivity contribution in [3.63, 3.8) is 0 Å². The van der Waals surface area contributed by atoms with Crippen molar-refractivity contribution in [1.82, 2.24) is 35.7 Å². The second-order valence-corrected chi connectivity index (χ2v) is 13.3. The van der Waals surface area contributed by atoms with Gasteiger partial charge in [0.25, 0.3) is 11.8 Å². The van der Waals surface area contributed by atoms with Crippen LogP contribution in [0.1, 0.15) is 89.6 Å². The zero-order valence-corrected chi connectivity index (χ0v) is 27.7. The SMILES string of the molecule is CC(=O)N1CCC(C(=O)N2CCNC(=O)c3csc(n3)[C@H](CC(C)C)NC(=O)c3coc(n3)[C@H](Cc3ccccc3)NC(=O)C2)CC1. The fraction of sp³-hybridized carbons (Fsp3) is 0.485. The topological polar surface area (TPSA) is 167 Å². The third-order valence-corrected chi connectivity index (χ3v) is 9.30. The Morgan fingerprint density at radius 2 is 1.70 bits per heavy atom. The lowest BCUT2D eigenvalue weighted by atomic mass is 9.95. The first-order valence-corrected chi connectivity index (χ1v) is 16.8. The molecule has 0 aliphatic carbocycles. The van der Waals surface area contributed by atoms with Gasteiger partial charge in [-0.3, -0.25) is 24.0 Å². The molecular formula is C33H41N7O6S. The van der Waals surface area contributed by atoms with Crippen molar-refractivity contribution in [2.75, 3.05) is 32.7 Å². The fourth-order valence-corrected chi connectivity index (χ4v) is 6.72. The van der Waals surface area contributed by atoms with Crippen LogP contribution in [0.3, 0.4) is 0 Å². The number of thiazole rings is 1. The van der Waals surface area contributed by atoms with E-state index in [0.29, 0.717) is 43.8 Å². The van der Waals surface area contributed by atoms with Gasteiger partial charge in [-0.2, -0.15) is 0 Å². The number of benzene rings is 1. The van der Waals surface area contributed by atoms with E-state index in [0.717, 1.165) is 5.56 Å². The highest BCUT2D eigenvalue weighted by atomic mass is 32.1. The molecule has 2 aliphatic heterocycles. The Morgan fingerprint density at radius 3 is 2.40 bits per heavy atom. The van der Waals surface area contributed by atoms with Crippen LogP contribution in [-0.2, 0) is 20.8 Å². The molecule has 2 aliphatic rings. The van der Waals surface area contributed by atoms with E-state index >= 15 is 0 Å². The highest BCUT2D eigenvalue weighted by Gasteiger charge is 2.32. The standard InChI is InChI=1S/C33H41N7O6S/c1-20(2)15-25-32-38-27(19-47-32)29(43)34-11-14-40(33(45)23-9-12-39(13-10-23)21(3)41)17-28(42)35-24(16-22-7-5-4-6-8-22)31-37-26(18-46-31)30(44)36-25/h4-8,18-20,23-25H,9-17H2,1-3H3,(H,34,43)(H,35,42)(H,36,44)/t24-,25-/m0/s1. The molecule has 250 valence electrons.